The van der Waals surface area contributed by atoms with Crippen LogP contribution in [0.25, 0.3) is 0 Å². The predicted molar refractivity (Wildman–Crippen MR) is 159 cm³/mol. The molecule has 0 fully saturated rings. The number of phenols is 2. The maximum absolute atomic E-state index is 14.0. The average Bonchev–Trinajstić information content (AvgIpc) is 3.44. The Kier molecular flexibility index (Phi) is 9.31. The summed E-state index contributed by atoms with van der Waals surface area (Å²) in [6.45, 7) is 6.66. The van der Waals surface area contributed by atoms with Crippen LogP contribution in [0.1, 0.15) is 29.5 Å². The molecule has 0 unspecified atom stereocenters. The molecular formula is C31H38N4O7. The first kappa shape index (κ1) is 30.3. The van der Waals surface area contributed by atoms with Gasteiger partial charge in [-0.2, -0.15) is 5.10 Å². The normalized spacial score (nSPS) is 19.6. The maximum Gasteiger partial charge on any atom is 0.224 e. The summed E-state index contributed by atoms with van der Waals surface area (Å²) in [6, 6.07) is 6.58. The molecule has 0 radical (unpaired) electrons. The first-order valence-electron chi connectivity index (χ1n) is 13.5. The van der Waals surface area contributed by atoms with Crippen LogP contribution >= 0.6 is 0 Å². The number of hydrogen-bond donors (Lipinski definition) is 4. The molecule has 5 N–H and O–H groups in total. The van der Waals surface area contributed by atoms with Gasteiger partial charge in [-0.3, -0.25) is 9.80 Å². The Hall–Kier alpha value is -4.64. The fraction of sp³-hybridized carbons (Fsp3) is 0.355. The predicted octanol–water partition coefficient (Wildman–Crippen LogP) is 3.22. The molecule has 0 saturated carbocycles. The number of hydrazone groups is 1. The van der Waals surface area contributed by atoms with Crippen LogP contribution in [0.15, 0.2) is 65.6 Å². The van der Waals surface area contributed by atoms with Crippen LogP contribution in [0.4, 0.5) is 0 Å². The zero-order chi connectivity index (χ0) is 30.6. The lowest BCUT2D eigenvalue weighted by Gasteiger charge is -2.38. The molecule has 4 rings (SSSR count). The zero-order valence-electron chi connectivity index (χ0n) is 24.5. The lowest BCUT2D eigenvalue weighted by atomic mass is 9.65. The molecule has 42 heavy (non-hydrogen) atoms. The average molecular weight is 579 g/mol. The Morgan fingerprint density at radius 1 is 1.10 bits per heavy atom. The van der Waals surface area contributed by atoms with Crippen molar-refractivity contribution in [1.82, 2.24) is 10.3 Å². The van der Waals surface area contributed by atoms with Gasteiger partial charge in [-0.05, 0) is 54.5 Å². The molecule has 224 valence electrons. The number of nitrogens with one attached hydrogen (secondary N) is 1. The number of carbonyl (C=O) groups excluding carboxylic acids is 1. The van der Waals surface area contributed by atoms with Crippen molar-refractivity contribution >= 4 is 11.6 Å². The lowest BCUT2D eigenvalue weighted by Crippen LogP contribution is -2.46. The molecule has 3 atom stereocenters. The van der Waals surface area contributed by atoms with E-state index in [0.29, 0.717) is 52.0 Å². The monoisotopic (exact) mass is 578 g/mol. The van der Waals surface area contributed by atoms with E-state index in [4.69, 9.17) is 29.8 Å². The fourth-order valence-corrected chi connectivity index (χ4v) is 5.61. The lowest BCUT2D eigenvalue weighted by molar-refractivity contribution is -0.126. The van der Waals surface area contributed by atoms with Gasteiger partial charge in [0.1, 0.15) is 5.76 Å². The van der Waals surface area contributed by atoms with Gasteiger partial charge in [0.05, 0.1) is 52.3 Å². The SMILES string of the molecule is C=C(/C=C\C(=C/C)N1C[C@@H]2C(=N1)c1cc(O)c(O)cc1[C@@H](c1cc(OC)c(OC)c(OC)c1)[C@H]2C(=O)NCCN)OC. The molecule has 2 aromatic rings. The number of hydrogen-bond acceptors (Lipinski definition) is 10. The van der Waals surface area contributed by atoms with Crippen molar-refractivity contribution in [3.8, 4) is 28.7 Å². The molecule has 1 aliphatic heterocycles. The molecule has 11 heteroatoms. The Bertz CT molecular complexity index is 1420. The first-order valence-corrected chi connectivity index (χ1v) is 13.5. The van der Waals surface area contributed by atoms with Crippen molar-refractivity contribution in [2.24, 2.45) is 22.7 Å². The summed E-state index contributed by atoms with van der Waals surface area (Å²) in [6.07, 6.45) is 5.47. The van der Waals surface area contributed by atoms with E-state index in [9.17, 15) is 15.0 Å². The summed E-state index contributed by atoms with van der Waals surface area (Å²) in [7, 11) is 6.11. The highest BCUT2D eigenvalue weighted by molar-refractivity contribution is 6.09. The highest BCUT2D eigenvalue weighted by Crippen LogP contribution is 2.51. The largest absolute Gasteiger partial charge is 0.504 e. The van der Waals surface area contributed by atoms with E-state index < -0.39 is 17.8 Å². The molecular weight excluding hydrogens is 540 g/mol. The molecule has 0 spiro atoms. The molecule has 0 aromatic heterocycles. The molecule has 0 saturated heterocycles. The van der Waals surface area contributed by atoms with E-state index in [-0.39, 0.29) is 30.5 Å². The van der Waals surface area contributed by atoms with Crippen LogP contribution in [0.2, 0.25) is 0 Å². The highest BCUT2D eigenvalue weighted by Gasteiger charge is 2.49. The third kappa shape index (κ3) is 5.60. The summed E-state index contributed by atoms with van der Waals surface area (Å²) >= 11 is 0. The number of nitrogens with two attached hydrogens (primary N) is 1. The second kappa shape index (κ2) is 12.9. The van der Waals surface area contributed by atoms with Gasteiger partial charge < -0.3 is 40.2 Å². The van der Waals surface area contributed by atoms with Gasteiger partial charge in [-0.15, -0.1) is 0 Å². The number of phenolic OH excluding ortho intramolecular Hbond substituents is 2. The van der Waals surface area contributed by atoms with E-state index in [2.05, 4.69) is 11.9 Å². The van der Waals surface area contributed by atoms with E-state index in [0.717, 1.165) is 5.70 Å². The maximum atomic E-state index is 14.0. The van der Waals surface area contributed by atoms with E-state index in [1.165, 1.54) is 33.5 Å². The number of rotatable bonds is 11. The Morgan fingerprint density at radius 3 is 2.33 bits per heavy atom. The molecule has 1 heterocycles. The molecule has 1 aliphatic carbocycles. The molecule has 2 aromatic carbocycles. The molecule has 1 amide bonds. The Morgan fingerprint density at radius 2 is 1.76 bits per heavy atom. The molecule has 2 aliphatic rings. The van der Waals surface area contributed by atoms with Gasteiger partial charge in [0.15, 0.2) is 23.0 Å². The Labute approximate surface area is 245 Å². The van der Waals surface area contributed by atoms with Crippen LogP contribution in [-0.2, 0) is 9.53 Å². The molecule has 0 bridgehead atoms. The van der Waals surface area contributed by atoms with Crippen molar-refractivity contribution < 1.29 is 34.0 Å². The second-order valence-electron chi connectivity index (χ2n) is 9.86. The topological polar surface area (TPSA) is 148 Å². The number of benzene rings is 2. The fourth-order valence-electron chi connectivity index (χ4n) is 5.61. The standard InChI is InChI=1S/C31H38N4O7/c1-7-19(9-8-17(2)39-3)35-16-22-28(31(38)33-11-10-32)27(18-12-25(40-4)30(42-6)26(13-18)41-5)20-14-23(36)24(37)15-21(20)29(22)34-35/h7-9,12-15,22,27-28,36-37H,2,10-11,16,32H2,1,3-6H3,(H,33,38)/b9-8-,19-7+/t22-,27+,28-/m0/s1. The number of carbonyl (C=O) groups is 1. The quantitative estimate of drug-likeness (QED) is 0.179. The first-order chi connectivity index (χ1) is 20.2. The number of aromatic hydroxyl groups is 2. The molecule has 11 nitrogen and oxygen atoms in total. The minimum Gasteiger partial charge on any atom is -0.504 e. The van der Waals surface area contributed by atoms with Crippen LogP contribution in [0.5, 0.6) is 28.7 Å². The third-order valence-corrected chi connectivity index (χ3v) is 7.59. The van der Waals surface area contributed by atoms with Gasteiger partial charge in [0.25, 0.3) is 0 Å². The van der Waals surface area contributed by atoms with E-state index in [1.807, 2.05) is 24.1 Å². The van der Waals surface area contributed by atoms with Gasteiger partial charge in [-0.25, -0.2) is 0 Å². The minimum absolute atomic E-state index is 0.220. The smallest absolute Gasteiger partial charge is 0.224 e. The highest BCUT2D eigenvalue weighted by atomic mass is 16.5. The van der Waals surface area contributed by atoms with Crippen molar-refractivity contribution in [3.63, 3.8) is 0 Å². The van der Waals surface area contributed by atoms with Gasteiger partial charge in [0, 0.05) is 30.5 Å². The number of allylic oxidation sites excluding steroid dienone is 3. The van der Waals surface area contributed by atoms with Crippen molar-refractivity contribution in [1.29, 1.82) is 0 Å². The number of ether oxygens (including phenoxy) is 4. The van der Waals surface area contributed by atoms with Gasteiger partial charge in [0.2, 0.25) is 11.7 Å². The van der Waals surface area contributed by atoms with E-state index >= 15 is 0 Å². The number of fused-ring (bicyclic) bond motifs is 3. The third-order valence-electron chi connectivity index (χ3n) is 7.59. The zero-order valence-corrected chi connectivity index (χ0v) is 24.5. The van der Waals surface area contributed by atoms with Gasteiger partial charge in [-0.1, -0.05) is 12.7 Å². The summed E-state index contributed by atoms with van der Waals surface area (Å²) in [5.41, 5.74) is 9.07. The number of amides is 1. The summed E-state index contributed by atoms with van der Waals surface area (Å²) in [4.78, 5) is 14.0. The van der Waals surface area contributed by atoms with Crippen LogP contribution in [0, 0.1) is 11.8 Å². The van der Waals surface area contributed by atoms with E-state index in [1.54, 1.807) is 25.3 Å². The number of nitrogens with zero attached hydrogens (tertiary/aromatic N) is 2. The summed E-state index contributed by atoms with van der Waals surface area (Å²) < 4.78 is 22.0. The second-order valence-corrected chi connectivity index (χ2v) is 9.86. The van der Waals surface area contributed by atoms with Crippen LogP contribution < -0.4 is 25.3 Å². The Balaban J connectivity index is 1.95. The number of methoxy groups -OCH3 is 4. The van der Waals surface area contributed by atoms with Crippen molar-refractivity contribution in [2.75, 3.05) is 48.1 Å². The minimum atomic E-state index is -0.671. The summed E-state index contributed by atoms with van der Waals surface area (Å²) in [5.74, 6) is -0.730. The van der Waals surface area contributed by atoms with Crippen LogP contribution in [-0.4, -0.2) is 74.9 Å². The van der Waals surface area contributed by atoms with Crippen molar-refractivity contribution in [3.05, 3.63) is 77.2 Å². The summed E-state index contributed by atoms with van der Waals surface area (Å²) in [5, 5.41) is 30.9. The van der Waals surface area contributed by atoms with Crippen LogP contribution in [0.3, 0.4) is 0 Å². The van der Waals surface area contributed by atoms with Gasteiger partial charge >= 0.3 is 0 Å². The van der Waals surface area contributed by atoms with Crippen molar-refractivity contribution in [2.45, 2.75) is 12.8 Å².